The lowest BCUT2D eigenvalue weighted by Crippen LogP contribution is -2.32. The minimum Gasteiger partial charge on any atom is -0.390 e. The molecule has 0 radical (unpaired) electrons. The van der Waals surface area contributed by atoms with Crippen LogP contribution in [0, 0.1) is 5.92 Å². The lowest BCUT2D eigenvalue weighted by molar-refractivity contribution is 0.0256. The van der Waals surface area contributed by atoms with Crippen LogP contribution in [0.2, 0.25) is 0 Å². The molecule has 1 fully saturated rings. The normalized spacial score (nSPS) is 29.0. The van der Waals surface area contributed by atoms with Crippen LogP contribution in [-0.2, 0) is 0 Å². The molecule has 1 aliphatic rings. The van der Waals surface area contributed by atoms with Gasteiger partial charge in [-0.1, -0.05) is 0 Å². The molecule has 0 saturated carbocycles. The minimum atomic E-state index is -0.483. The first-order valence-electron chi connectivity index (χ1n) is 3.54. The van der Waals surface area contributed by atoms with Gasteiger partial charge in [0.15, 0.2) is 0 Å². The fourth-order valence-electron chi connectivity index (χ4n) is 1.26. The maximum atomic E-state index is 9.48. The number of nitrogens with one attached hydrogen (secondary N) is 1. The zero-order chi connectivity index (χ0) is 6.91. The van der Waals surface area contributed by atoms with Crippen LogP contribution >= 0.6 is 0 Å². The second-order valence-corrected chi connectivity index (χ2v) is 3.34. The van der Waals surface area contributed by atoms with E-state index in [-0.39, 0.29) is 0 Å². The highest BCUT2D eigenvalue weighted by atomic mass is 16.3. The van der Waals surface area contributed by atoms with Gasteiger partial charge in [-0.15, -0.1) is 0 Å². The molecule has 1 heterocycles. The minimum absolute atomic E-state index is 0.456. The Balaban J connectivity index is 2.42. The molecule has 2 N–H and O–H groups in total. The molecular formula is C7H15NO. The Kier molecular flexibility index (Phi) is 1.78. The third kappa shape index (κ3) is 1.66. The molecule has 0 amide bonds. The highest BCUT2D eigenvalue weighted by Gasteiger charge is 2.28. The topological polar surface area (TPSA) is 32.3 Å². The van der Waals surface area contributed by atoms with Gasteiger partial charge in [0.25, 0.3) is 0 Å². The third-order valence-corrected chi connectivity index (χ3v) is 2.06. The summed E-state index contributed by atoms with van der Waals surface area (Å²) in [5.41, 5.74) is -0.483. The van der Waals surface area contributed by atoms with E-state index >= 15 is 0 Å². The third-order valence-electron chi connectivity index (χ3n) is 2.06. The Labute approximate surface area is 56.3 Å². The predicted octanol–water partition coefficient (Wildman–Crippen LogP) is 0.367. The summed E-state index contributed by atoms with van der Waals surface area (Å²) >= 11 is 0. The summed E-state index contributed by atoms with van der Waals surface area (Å²) in [6, 6.07) is 0. The van der Waals surface area contributed by atoms with Crippen molar-refractivity contribution in [1.82, 2.24) is 5.32 Å². The average Bonchev–Trinajstić information content (AvgIpc) is 2.08. The molecule has 1 aliphatic heterocycles. The maximum absolute atomic E-state index is 9.48. The van der Waals surface area contributed by atoms with Crippen molar-refractivity contribution in [2.75, 3.05) is 13.1 Å². The van der Waals surface area contributed by atoms with Crippen LogP contribution in [0.4, 0.5) is 0 Å². The van der Waals surface area contributed by atoms with E-state index in [0.717, 1.165) is 19.5 Å². The number of hydrogen-bond donors (Lipinski definition) is 2. The fourth-order valence-corrected chi connectivity index (χ4v) is 1.26. The molecule has 1 rings (SSSR count). The van der Waals surface area contributed by atoms with Gasteiger partial charge in [-0.2, -0.15) is 0 Å². The fraction of sp³-hybridized carbons (Fsp3) is 1.00. The lowest BCUT2D eigenvalue weighted by atomic mass is 9.91. The van der Waals surface area contributed by atoms with Crippen molar-refractivity contribution in [2.45, 2.75) is 25.9 Å². The van der Waals surface area contributed by atoms with Crippen LogP contribution in [-0.4, -0.2) is 23.8 Å². The predicted molar refractivity (Wildman–Crippen MR) is 37.3 cm³/mol. The summed E-state index contributed by atoms with van der Waals surface area (Å²) in [5, 5.41) is 12.7. The van der Waals surface area contributed by atoms with Gasteiger partial charge in [-0.25, -0.2) is 0 Å². The molecule has 0 spiro atoms. The quantitative estimate of drug-likeness (QED) is 0.536. The molecular weight excluding hydrogens is 114 g/mol. The van der Waals surface area contributed by atoms with Crippen LogP contribution in [0.5, 0.6) is 0 Å². The highest BCUT2D eigenvalue weighted by molar-refractivity contribution is 4.83. The van der Waals surface area contributed by atoms with Crippen molar-refractivity contribution in [3.8, 4) is 0 Å². The van der Waals surface area contributed by atoms with E-state index in [1.165, 1.54) is 0 Å². The zero-order valence-electron chi connectivity index (χ0n) is 6.15. The van der Waals surface area contributed by atoms with E-state index in [2.05, 4.69) is 5.32 Å². The molecule has 1 saturated heterocycles. The van der Waals surface area contributed by atoms with Gasteiger partial charge in [0.2, 0.25) is 0 Å². The molecule has 54 valence electrons. The van der Waals surface area contributed by atoms with Crippen LogP contribution in [0.15, 0.2) is 0 Å². The van der Waals surface area contributed by atoms with Crippen molar-refractivity contribution in [2.24, 2.45) is 5.92 Å². The van der Waals surface area contributed by atoms with E-state index in [4.69, 9.17) is 0 Å². The van der Waals surface area contributed by atoms with Crippen molar-refractivity contribution in [3.05, 3.63) is 0 Å². The van der Waals surface area contributed by atoms with E-state index in [0.29, 0.717) is 5.92 Å². The summed E-state index contributed by atoms with van der Waals surface area (Å²) in [7, 11) is 0. The van der Waals surface area contributed by atoms with Crippen molar-refractivity contribution >= 4 is 0 Å². The van der Waals surface area contributed by atoms with E-state index in [1.807, 2.05) is 13.8 Å². The first kappa shape index (κ1) is 7.03. The Morgan fingerprint density at radius 1 is 1.56 bits per heavy atom. The second kappa shape index (κ2) is 2.27. The Morgan fingerprint density at radius 3 is 2.44 bits per heavy atom. The summed E-state index contributed by atoms with van der Waals surface area (Å²) in [6.07, 6.45) is 1.11. The van der Waals surface area contributed by atoms with Gasteiger partial charge < -0.3 is 10.4 Å². The molecule has 0 aromatic carbocycles. The molecule has 0 unspecified atom stereocenters. The number of aliphatic hydroxyl groups is 1. The SMILES string of the molecule is CC(C)(O)[C@@H]1CCNC1. The summed E-state index contributed by atoms with van der Waals surface area (Å²) in [4.78, 5) is 0. The monoisotopic (exact) mass is 129 g/mol. The summed E-state index contributed by atoms with van der Waals surface area (Å²) in [5.74, 6) is 0.456. The lowest BCUT2D eigenvalue weighted by Gasteiger charge is -2.23. The average molecular weight is 129 g/mol. The second-order valence-electron chi connectivity index (χ2n) is 3.34. The van der Waals surface area contributed by atoms with Crippen LogP contribution in [0.3, 0.4) is 0 Å². The van der Waals surface area contributed by atoms with Gasteiger partial charge in [0.1, 0.15) is 0 Å². The molecule has 0 aromatic heterocycles. The molecule has 1 atom stereocenters. The van der Waals surface area contributed by atoms with Crippen LogP contribution < -0.4 is 5.32 Å². The van der Waals surface area contributed by atoms with Crippen molar-refractivity contribution in [3.63, 3.8) is 0 Å². The standard InChI is InChI=1S/C7H15NO/c1-7(2,9)6-3-4-8-5-6/h6,8-9H,3-5H2,1-2H3/t6-/m1/s1. The maximum Gasteiger partial charge on any atom is 0.0632 e. The van der Waals surface area contributed by atoms with Gasteiger partial charge >= 0.3 is 0 Å². The molecule has 0 bridgehead atoms. The summed E-state index contributed by atoms with van der Waals surface area (Å²) < 4.78 is 0. The Morgan fingerprint density at radius 2 is 2.22 bits per heavy atom. The van der Waals surface area contributed by atoms with E-state index < -0.39 is 5.60 Å². The molecule has 2 nitrogen and oxygen atoms in total. The van der Waals surface area contributed by atoms with E-state index in [9.17, 15) is 5.11 Å². The van der Waals surface area contributed by atoms with Gasteiger partial charge in [-0.05, 0) is 26.8 Å². The molecule has 0 aromatic rings. The van der Waals surface area contributed by atoms with E-state index in [1.54, 1.807) is 0 Å². The first-order valence-corrected chi connectivity index (χ1v) is 3.54. The first-order chi connectivity index (χ1) is 4.11. The molecule has 9 heavy (non-hydrogen) atoms. The van der Waals surface area contributed by atoms with Crippen LogP contribution in [0.25, 0.3) is 0 Å². The van der Waals surface area contributed by atoms with Crippen molar-refractivity contribution in [1.29, 1.82) is 0 Å². The molecule has 0 aliphatic carbocycles. The molecule has 2 heteroatoms. The van der Waals surface area contributed by atoms with Gasteiger partial charge in [0.05, 0.1) is 5.60 Å². The largest absolute Gasteiger partial charge is 0.390 e. The van der Waals surface area contributed by atoms with Crippen LogP contribution in [0.1, 0.15) is 20.3 Å². The highest BCUT2D eigenvalue weighted by Crippen LogP contribution is 2.21. The van der Waals surface area contributed by atoms with Crippen molar-refractivity contribution < 1.29 is 5.11 Å². The number of hydrogen-bond acceptors (Lipinski definition) is 2. The van der Waals surface area contributed by atoms with Gasteiger partial charge in [-0.3, -0.25) is 0 Å². The van der Waals surface area contributed by atoms with Gasteiger partial charge in [0, 0.05) is 12.5 Å². The number of rotatable bonds is 1. The smallest absolute Gasteiger partial charge is 0.0632 e. The Bertz CT molecular complexity index is 89.6. The summed E-state index contributed by atoms with van der Waals surface area (Å²) in [6.45, 7) is 5.80. The zero-order valence-corrected chi connectivity index (χ0v) is 6.15. The Hall–Kier alpha value is -0.0800.